The molecule has 4 aromatic rings. The Hall–Kier alpha value is -4.05. The van der Waals surface area contributed by atoms with Crippen LogP contribution in [0.4, 0.5) is 30.8 Å². The van der Waals surface area contributed by atoms with Crippen molar-refractivity contribution in [2.75, 3.05) is 16.4 Å². The number of hydrogen-bond acceptors (Lipinski definition) is 5. The SMILES string of the molecule is Cc1ccc(F)c(NC(=O)Nc2ccc(-c3c(CO)cn4ncnc(N)c34)cc2F)c1. The van der Waals surface area contributed by atoms with Crippen molar-refractivity contribution < 1.29 is 18.7 Å². The first-order chi connectivity index (χ1) is 14.9. The first kappa shape index (κ1) is 20.2. The number of carbonyl (C=O) groups is 1. The van der Waals surface area contributed by atoms with Gasteiger partial charge in [0, 0.05) is 17.3 Å². The van der Waals surface area contributed by atoms with Gasteiger partial charge in [-0.05, 0) is 42.3 Å². The summed E-state index contributed by atoms with van der Waals surface area (Å²) in [5.74, 6) is -1.16. The fourth-order valence-corrected chi connectivity index (χ4v) is 3.31. The van der Waals surface area contributed by atoms with Crippen molar-refractivity contribution in [3.8, 4) is 11.1 Å². The Morgan fingerprint density at radius 1 is 1.13 bits per heavy atom. The van der Waals surface area contributed by atoms with Gasteiger partial charge in [-0.1, -0.05) is 12.1 Å². The van der Waals surface area contributed by atoms with Crippen molar-refractivity contribution in [1.82, 2.24) is 14.6 Å². The second-order valence-electron chi connectivity index (χ2n) is 6.88. The van der Waals surface area contributed by atoms with Crippen LogP contribution in [0.15, 0.2) is 48.9 Å². The summed E-state index contributed by atoms with van der Waals surface area (Å²) in [6.45, 7) is 1.44. The molecule has 158 valence electrons. The van der Waals surface area contributed by atoms with E-state index in [0.717, 1.165) is 5.56 Å². The molecule has 0 aliphatic carbocycles. The van der Waals surface area contributed by atoms with Crippen LogP contribution in [0.1, 0.15) is 11.1 Å². The van der Waals surface area contributed by atoms with E-state index in [9.17, 15) is 18.7 Å². The van der Waals surface area contributed by atoms with Gasteiger partial charge in [0.2, 0.25) is 0 Å². The van der Waals surface area contributed by atoms with Gasteiger partial charge in [-0.2, -0.15) is 5.10 Å². The summed E-state index contributed by atoms with van der Waals surface area (Å²) in [4.78, 5) is 16.2. The molecule has 0 aliphatic heterocycles. The highest BCUT2D eigenvalue weighted by atomic mass is 19.1. The van der Waals surface area contributed by atoms with Crippen LogP contribution in [0.2, 0.25) is 0 Å². The molecule has 0 fully saturated rings. The van der Waals surface area contributed by atoms with E-state index in [1.54, 1.807) is 25.3 Å². The smallest absolute Gasteiger partial charge is 0.323 e. The molecule has 4 rings (SSSR count). The standard InChI is InChI=1S/C21H18F2N6O2/c1-11-2-4-14(22)17(6-11)28-21(31)27-16-5-3-12(7-15(16)23)18-13(9-30)8-29-19(18)20(24)25-10-26-29/h2-8,10,30H,9H2,1H3,(H2,24,25,26)(H2,27,28,31). The molecular formula is C21H18F2N6O2. The van der Waals surface area contributed by atoms with Crippen LogP contribution in [0.5, 0.6) is 0 Å². The Labute approximate surface area is 175 Å². The first-order valence-corrected chi connectivity index (χ1v) is 9.23. The normalized spacial score (nSPS) is 11.0. The number of amides is 2. The Bertz CT molecular complexity index is 1300. The maximum Gasteiger partial charge on any atom is 0.323 e. The average Bonchev–Trinajstić information content (AvgIpc) is 3.12. The number of fused-ring (bicyclic) bond motifs is 1. The number of nitrogens with one attached hydrogen (secondary N) is 2. The van der Waals surface area contributed by atoms with E-state index in [4.69, 9.17) is 5.73 Å². The molecule has 2 aromatic carbocycles. The molecule has 10 heteroatoms. The fraction of sp³-hybridized carbons (Fsp3) is 0.0952. The van der Waals surface area contributed by atoms with Crippen molar-refractivity contribution in [2.24, 2.45) is 0 Å². The number of rotatable bonds is 4. The van der Waals surface area contributed by atoms with Crippen molar-refractivity contribution >= 4 is 28.7 Å². The van der Waals surface area contributed by atoms with E-state index in [0.29, 0.717) is 22.2 Å². The van der Waals surface area contributed by atoms with E-state index in [1.165, 1.54) is 35.1 Å². The molecule has 0 aliphatic rings. The number of anilines is 3. The van der Waals surface area contributed by atoms with Crippen LogP contribution in [-0.2, 0) is 6.61 Å². The van der Waals surface area contributed by atoms with Gasteiger partial charge in [0.1, 0.15) is 23.5 Å². The molecule has 2 aromatic heterocycles. The number of carbonyl (C=O) groups excluding carboxylic acids is 1. The average molecular weight is 424 g/mol. The zero-order valence-corrected chi connectivity index (χ0v) is 16.4. The van der Waals surface area contributed by atoms with Gasteiger partial charge in [-0.3, -0.25) is 0 Å². The van der Waals surface area contributed by atoms with Crippen LogP contribution in [0.25, 0.3) is 16.6 Å². The van der Waals surface area contributed by atoms with Gasteiger partial charge in [0.05, 0.1) is 18.0 Å². The van der Waals surface area contributed by atoms with Crippen LogP contribution < -0.4 is 16.4 Å². The third-order valence-corrected chi connectivity index (χ3v) is 4.73. The number of hydrogen-bond donors (Lipinski definition) is 4. The van der Waals surface area contributed by atoms with E-state index in [2.05, 4.69) is 20.7 Å². The lowest BCUT2D eigenvalue weighted by molar-refractivity contribution is 0.262. The van der Waals surface area contributed by atoms with Crippen molar-refractivity contribution in [2.45, 2.75) is 13.5 Å². The number of halogens is 2. The predicted molar refractivity (Wildman–Crippen MR) is 112 cm³/mol. The molecule has 0 saturated heterocycles. The lowest BCUT2D eigenvalue weighted by atomic mass is 10.0. The molecule has 2 heterocycles. The summed E-state index contributed by atoms with van der Waals surface area (Å²) < 4.78 is 30.1. The molecule has 2 amide bonds. The largest absolute Gasteiger partial charge is 0.392 e. The predicted octanol–water partition coefficient (Wildman–Crippen LogP) is 3.70. The van der Waals surface area contributed by atoms with Crippen LogP contribution >= 0.6 is 0 Å². The van der Waals surface area contributed by atoms with Crippen molar-refractivity contribution in [3.63, 3.8) is 0 Å². The number of aliphatic hydroxyl groups excluding tert-OH is 1. The molecule has 0 radical (unpaired) electrons. The zero-order valence-electron chi connectivity index (χ0n) is 16.4. The molecule has 0 unspecified atom stereocenters. The number of nitrogen functional groups attached to an aromatic ring is 1. The number of nitrogens with two attached hydrogens (primary N) is 1. The van der Waals surface area contributed by atoms with Gasteiger partial charge in [-0.25, -0.2) is 23.1 Å². The van der Waals surface area contributed by atoms with Gasteiger partial charge in [-0.15, -0.1) is 0 Å². The third kappa shape index (κ3) is 3.88. The summed E-state index contributed by atoms with van der Waals surface area (Å²) in [5.41, 5.74) is 8.41. The first-order valence-electron chi connectivity index (χ1n) is 9.23. The van der Waals surface area contributed by atoms with Gasteiger partial charge < -0.3 is 21.5 Å². The van der Waals surface area contributed by atoms with Gasteiger partial charge in [0.15, 0.2) is 5.82 Å². The monoisotopic (exact) mass is 424 g/mol. The highest BCUT2D eigenvalue weighted by Gasteiger charge is 2.18. The minimum Gasteiger partial charge on any atom is -0.392 e. The summed E-state index contributed by atoms with van der Waals surface area (Å²) >= 11 is 0. The summed E-state index contributed by atoms with van der Waals surface area (Å²) in [7, 11) is 0. The minimum atomic E-state index is -0.792. The molecule has 8 nitrogen and oxygen atoms in total. The molecular weight excluding hydrogens is 406 g/mol. The Balaban J connectivity index is 1.63. The maximum atomic E-state index is 14.8. The number of urea groups is 1. The van der Waals surface area contributed by atoms with Gasteiger partial charge in [0.25, 0.3) is 0 Å². The van der Waals surface area contributed by atoms with E-state index in [1.807, 2.05) is 0 Å². The van der Waals surface area contributed by atoms with Crippen LogP contribution in [-0.4, -0.2) is 25.7 Å². The molecule has 31 heavy (non-hydrogen) atoms. The molecule has 0 spiro atoms. The second-order valence-corrected chi connectivity index (χ2v) is 6.88. The fourth-order valence-electron chi connectivity index (χ4n) is 3.31. The third-order valence-electron chi connectivity index (χ3n) is 4.73. The number of aromatic nitrogens is 3. The Kier molecular flexibility index (Phi) is 5.22. The zero-order chi connectivity index (χ0) is 22.1. The molecule has 0 bridgehead atoms. The Morgan fingerprint density at radius 2 is 1.90 bits per heavy atom. The van der Waals surface area contributed by atoms with E-state index >= 15 is 0 Å². The molecule has 0 saturated carbocycles. The second kappa shape index (κ2) is 8.00. The molecule has 0 atom stereocenters. The maximum absolute atomic E-state index is 14.8. The van der Waals surface area contributed by atoms with Crippen molar-refractivity contribution in [1.29, 1.82) is 0 Å². The van der Waals surface area contributed by atoms with E-state index in [-0.39, 0.29) is 23.8 Å². The number of aliphatic hydroxyl groups is 1. The highest BCUT2D eigenvalue weighted by molar-refractivity contribution is 6.00. The molecule has 5 N–H and O–H groups in total. The quantitative estimate of drug-likeness (QED) is 0.398. The topological polar surface area (TPSA) is 118 Å². The number of benzene rings is 2. The summed E-state index contributed by atoms with van der Waals surface area (Å²) in [6.07, 6.45) is 2.85. The lowest BCUT2D eigenvalue weighted by Gasteiger charge is -2.11. The van der Waals surface area contributed by atoms with Gasteiger partial charge >= 0.3 is 6.03 Å². The van der Waals surface area contributed by atoms with E-state index < -0.39 is 17.7 Å². The Morgan fingerprint density at radius 3 is 2.65 bits per heavy atom. The minimum absolute atomic E-state index is 0.0159. The number of aryl methyl sites for hydroxylation is 1. The lowest BCUT2D eigenvalue weighted by Crippen LogP contribution is -2.20. The highest BCUT2D eigenvalue weighted by Crippen LogP contribution is 2.34. The summed E-state index contributed by atoms with van der Waals surface area (Å²) in [5, 5.41) is 18.5. The van der Waals surface area contributed by atoms with Crippen LogP contribution in [0, 0.1) is 18.6 Å². The van der Waals surface area contributed by atoms with Crippen molar-refractivity contribution in [3.05, 3.63) is 71.7 Å². The van der Waals surface area contributed by atoms with Crippen LogP contribution in [0.3, 0.4) is 0 Å². The summed E-state index contributed by atoms with van der Waals surface area (Å²) in [6, 6.07) is 7.60. The number of nitrogens with zero attached hydrogens (tertiary/aromatic N) is 3.